The first-order chi connectivity index (χ1) is 10.5. The molecule has 0 radical (unpaired) electrons. The normalized spacial score (nSPS) is 10.9. The Morgan fingerprint density at radius 2 is 2.00 bits per heavy atom. The lowest BCUT2D eigenvalue weighted by Gasteiger charge is -2.10. The third-order valence-corrected chi connectivity index (χ3v) is 3.71. The van der Waals surface area contributed by atoms with E-state index in [1.165, 1.54) is 6.07 Å². The minimum Gasteiger partial charge on any atom is -0.486 e. The fraction of sp³-hybridized carbons (Fsp3) is 0.176. The molecule has 0 fully saturated rings. The van der Waals surface area contributed by atoms with Gasteiger partial charge in [0.1, 0.15) is 18.0 Å². The average molecular weight is 315 g/mol. The molecule has 22 heavy (non-hydrogen) atoms. The number of nitrogens with zero attached hydrogens (tertiary/aromatic N) is 2. The van der Waals surface area contributed by atoms with Crippen molar-refractivity contribution in [2.45, 2.75) is 20.5 Å². The summed E-state index contributed by atoms with van der Waals surface area (Å²) in [5, 5.41) is 0.541. The predicted molar refractivity (Wildman–Crippen MR) is 86.7 cm³/mol. The lowest BCUT2D eigenvalue weighted by molar-refractivity contribution is 0.301. The van der Waals surface area contributed by atoms with E-state index in [0.717, 1.165) is 11.3 Å². The van der Waals surface area contributed by atoms with Crippen molar-refractivity contribution >= 4 is 17.2 Å². The molecule has 2 aromatic heterocycles. The topological polar surface area (TPSA) is 43.6 Å². The van der Waals surface area contributed by atoms with E-state index in [0.29, 0.717) is 22.1 Å². The molecule has 4 nitrogen and oxygen atoms in total. The van der Waals surface area contributed by atoms with Gasteiger partial charge in [0.25, 0.3) is 5.56 Å². The smallest absolute Gasteiger partial charge is 0.258 e. The van der Waals surface area contributed by atoms with Crippen molar-refractivity contribution in [3.05, 3.63) is 74.8 Å². The van der Waals surface area contributed by atoms with E-state index in [4.69, 9.17) is 16.3 Å². The van der Waals surface area contributed by atoms with Crippen LogP contribution < -0.4 is 10.3 Å². The SMILES string of the molecule is Cc1ccc(Cl)c(OCc2cc(=O)n3c(C)cccc3n2)c1. The Kier molecular flexibility index (Phi) is 3.86. The Bertz CT molecular complexity index is 903. The number of aromatic nitrogens is 2. The molecule has 112 valence electrons. The number of fused-ring (bicyclic) bond motifs is 1. The number of benzene rings is 1. The Morgan fingerprint density at radius 3 is 2.82 bits per heavy atom. The Hall–Kier alpha value is -2.33. The predicted octanol–water partition coefficient (Wildman–Crippen LogP) is 3.54. The van der Waals surface area contributed by atoms with Crippen molar-refractivity contribution < 1.29 is 4.74 Å². The average Bonchev–Trinajstić information content (AvgIpc) is 2.48. The molecule has 2 heterocycles. The molecule has 0 N–H and O–H groups in total. The Morgan fingerprint density at radius 1 is 1.18 bits per heavy atom. The molecule has 1 aromatic carbocycles. The number of pyridine rings is 1. The molecule has 0 saturated carbocycles. The van der Waals surface area contributed by atoms with Crippen LogP contribution in [0.3, 0.4) is 0 Å². The second-order valence-corrected chi connectivity index (χ2v) is 5.58. The molecule has 5 heteroatoms. The number of hydrogen-bond acceptors (Lipinski definition) is 3. The van der Waals surface area contributed by atoms with E-state index >= 15 is 0 Å². The van der Waals surface area contributed by atoms with Gasteiger partial charge in [0.15, 0.2) is 0 Å². The summed E-state index contributed by atoms with van der Waals surface area (Å²) in [5.74, 6) is 0.591. The van der Waals surface area contributed by atoms with E-state index in [1.807, 2.05) is 38.1 Å². The number of ether oxygens (including phenoxy) is 1. The van der Waals surface area contributed by atoms with E-state index in [2.05, 4.69) is 4.98 Å². The number of hydrogen-bond donors (Lipinski definition) is 0. The van der Waals surface area contributed by atoms with Gasteiger partial charge >= 0.3 is 0 Å². The van der Waals surface area contributed by atoms with Gasteiger partial charge in [0.05, 0.1) is 10.7 Å². The first-order valence-corrected chi connectivity index (χ1v) is 7.29. The zero-order valence-corrected chi connectivity index (χ0v) is 13.1. The first-order valence-electron chi connectivity index (χ1n) is 6.92. The van der Waals surface area contributed by atoms with Gasteiger partial charge in [-0.3, -0.25) is 9.20 Å². The van der Waals surface area contributed by atoms with Gasteiger partial charge in [-0.25, -0.2) is 4.98 Å². The summed E-state index contributed by atoms with van der Waals surface area (Å²) in [6, 6.07) is 12.6. The van der Waals surface area contributed by atoms with Gasteiger partial charge in [-0.05, 0) is 43.7 Å². The molecule has 0 bridgehead atoms. The van der Waals surface area contributed by atoms with Crippen LogP contribution in [0.2, 0.25) is 5.02 Å². The van der Waals surface area contributed by atoms with Gasteiger partial charge in [-0.1, -0.05) is 23.7 Å². The van der Waals surface area contributed by atoms with Crippen LogP contribution in [-0.4, -0.2) is 9.38 Å². The minimum absolute atomic E-state index is 0.114. The van der Waals surface area contributed by atoms with Crippen molar-refractivity contribution in [1.29, 1.82) is 0 Å². The highest BCUT2D eigenvalue weighted by Gasteiger charge is 2.07. The Balaban J connectivity index is 1.92. The van der Waals surface area contributed by atoms with Crippen LogP contribution >= 0.6 is 11.6 Å². The van der Waals surface area contributed by atoms with Crippen molar-refractivity contribution in [3.63, 3.8) is 0 Å². The van der Waals surface area contributed by atoms with Gasteiger partial charge < -0.3 is 4.74 Å². The largest absolute Gasteiger partial charge is 0.486 e. The van der Waals surface area contributed by atoms with Gasteiger partial charge in [-0.2, -0.15) is 0 Å². The minimum atomic E-state index is -0.114. The number of rotatable bonds is 3. The number of halogens is 1. The van der Waals surface area contributed by atoms with Gasteiger partial charge in [-0.15, -0.1) is 0 Å². The van der Waals surface area contributed by atoms with E-state index in [-0.39, 0.29) is 12.2 Å². The lowest BCUT2D eigenvalue weighted by atomic mass is 10.2. The fourth-order valence-corrected chi connectivity index (χ4v) is 2.48. The highest BCUT2D eigenvalue weighted by molar-refractivity contribution is 6.32. The molecular formula is C17H15ClN2O2. The summed E-state index contributed by atoms with van der Waals surface area (Å²) in [6.45, 7) is 4.04. The van der Waals surface area contributed by atoms with E-state index < -0.39 is 0 Å². The molecule has 0 atom stereocenters. The molecule has 0 saturated heterocycles. The van der Waals surface area contributed by atoms with Crippen molar-refractivity contribution in [3.8, 4) is 5.75 Å². The quantitative estimate of drug-likeness (QED) is 0.742. The second-order valence-electron chi connectivity index (χ2n) is 5.17. The lowest BCUT2D eigenvalue weighted by Crippen LogP contribution is -2.18. The van der Waals surface area contributed by atoms with E-state index in [1.54, 1.807) is 16.5 Å². The summed E-state index contributed by atoms with van der Waals surface area (Å²) < 4.78 is 7.27. The molecule has 3 aromatic rings. The third kappa shape index (κ3) is 2.83. The summed E-state index contributed by atoms with van der Waals surface area (Å²) >= 11 is 6.10. The van der Waals surface area contributed by atoms with Crippen LogP contribution in [0.25, 0.3) is 5.65 Å². The zero-order chi connectivity index (χ0) is 15.7. The van der Waals surface area contributed by atoms with E-state index in [9.17, 15) is 4.79 Å². The molecule has 0 amide bonds. The molecule has 0 unspecified atom stereocenters. The van der Waals surface area contributed by atoms with Crippen LogP contribution in [0.4, 0.5) is 0 Å². The maximum absolute atomic E-state index is 12.2. The molecule has 0 aliphatic rings. The molecule has 0 spiro atoms. The number of aryl methyl sites for hydroxylation is 2. The third-order valence-electron chi connectivity index (χ3n) is 3.40. The first kappa shape index (κ1) is 14.6. The van der Waals surface area contributed by atoms with Crippen LogP contribution in [-0.2, 0) is 6.61 Å². The standard InChI is InChI=1S/C17H15ClN2O2/c1-11-6-7-14(18)15(8-11)22-10-13-9-17(21)20-12(2)4-3-5-16(20)19-13/h3-9H,10H2,1-2H3. The molecule has 0 aliphatic heterocycles. The zero-order valence-electron chi connectivity index (χ0n) is 12.3. The maximum atomic E-state index is 12.2. The van der Waals surface area contributed by atoms with Gasteiger partial charge in [0.2, 0.25) is 0 Å². The summed E-state index contributed by atoms with van der Waals surface area (Å²) in [5.41, 5.74) is 2.98. The second kappa shape index (κ2) is 5.81. The van der Waals surface area contributed by atoms with Gasteiger partial charge in [0, 0.05) is 11.8 Å². The van der Waals surface area contributed by atoms with Crippen LogP contribution in [0.15, 0.2) is 47.3 Å². The maximum Gasteiger partial charge on any atom is 0.258 e. The highest BCUT2D eigenvalue weighted by Crippen LogP contribution is 2.25. The van der Waals surface area contributed by atoms with Crippen LogP contribution in [0.1, 0.15) is 17.0 Å². The van der Waals surface area contributed by atoms with Crippen molar-refractivity contribution in [2.75, 3.05) is 0 Å². The van der Waals surface area contributed by atoms with Crippen molar-refractivity contribution in [2.24, 2.45) is 0 Å². The van der Waals surface area contributed by atoms with Crippen LogP contribution in [0.5, 0.6) is 5.75 Å². The fourth-order valence-electron chi connectivity index (χ4n) is 2.31. The molecule has 0 aliphatic carbocycles. The molecular weight excluding hydrogens is 300 g/mol. The van der Waals surface area contributed by atoms with Crippen LogP contribution in [0, 0.1) is 13.8 Å². The summed E-state index contributed by atoms with van der Waals surface area (Å²) in [7, 11) is 0. The Labute approximate surface area is 133 Å². The summed E-state index contributed by atoms with van der Waals surface area (Å²) in [4.78, 5) is 16.7. The molecule has 3 rings (SSSR count). The van der Waals surface area contributed by atoms with Crippen molar-refractivity contribution in [1.82, 2.24) is 9.38 Å². The monoisotopic (exact) mass is 314 g/mol. The summed E-state index contributed by atoms with van der Waals surface area (Å²) in [6.07, 6.45) is 0. The highest BCUT2D eigenvalue weighted by atomic mass is 35.5.